The van der Waals surface area contributed by atoms with E-state index in [9.17, 15) is 13.2 Å². The molecule has 2 rings (SSSR count). The van der Waals surface area contributed by atoms with Crippen molar-refractivity contribution in [2.45, 2.75) is 26.7 Å². The van der Waals surface area contributed by atoms with Crippen molar-refractivity contribution >= 4 is 21.6 Å². The lowest BCUT2D eigenvalue weighted by Crippen LogP contribution is -2.39. The molecule has 0 aliphatic carbocycles. The van der Waals surface area contributed by atoms with Crippen LogP contribution in [-0.2, 0) is 10.0 Å². The number of hydrogen-bond acceptors (Lipinski definition) is 3. The van der Waals surface area contributed by atoms with Gasteiger partial charge in [-0.25, -0.2) is 8.42 Å². The Labute approximate surface area is 126 Å². The van der Waals surface area contributed by atoms with Gasteiger partial charge in [0.25, 0.3) is 5.91 Å². The summed E-state index contributed by atoms with van der Waals surface area (Å²) in [6.45, 7) is 5.54. The molecule has 1 fully saturated rings. The first kappa shape index (κ1) is 15.8. The maximum Gasteiger partial charge on any atom is 0.253 e. The lowest BCUT2D eigenvalue weighted by atomic mass is 9.99. The molecule has 0 bridgehead atoms. The van der Waals surface area contributed by atoms with Crippen molar-refractivity contribution in [2.24, 2.45) is 5.92 Å². The monoisotopic (exact) mass is 310 g/mol. The van der Waals surface area contributed by atoms with Crippen LogP contribution in [0, 0.1) is 12.8 Å². The first-order chi connectivity index (χ1) is 9.76. The van der Waals surface area contributed by atoms with E-state index in [0.29, 0.717) is 17.2 Å². The molecular weight excluding hydrogens is 288 g/mol. The highest BCUT2D eigenvalue weighted by molar-refractivity contribution is 7.92. The van der Waals surface area contributed by atoms with Gasteiger partial charge in [-0.3, -0.25) is 9.52 Å². The van der Waals surface area contributed by atoms with Crippen LogP contribution in [0.3, 0.4) is 0 Å². The van der Waals surface area contributed by atoms with Crippen LogP contribution in [0.1, 0.15) is 35.7 Å². The van der Waals surface area contributed by atoms with Gasteiger partial charge in [0, 0.05) is 18.7 Å². The van der Waals surface area contributed by atoms with Crippen LogP contribution in [0.15, 0.2) is 18.2 Å². The Hall–Kier alpha value is -1.56. The predicted octanol–water partition coefficient (Wildman–Crippen LogP) is 2.24. The molecule has 21 heavy (non-hydrogen) atoms. The second-order valence-corrected chi connectivity index (χ2v) is 7.65. The fourth-order valence-corrected chi connectivity index (χ4v) is 3.30. The van der Waals surface area contributed by atoms with E-state index in [4.69, 9.17) is 0 Å². The van der Waals surface area contributed by atoms with Gasteiger partial charge in [0.15, 0.2) is 0 Å². The molecule has 1 aliphatic rings. The number of anilines is 1. The highest BCUT2D eigenvalue weighted by atomic mass is 32.2. The van der Waals surface area contributed by atoms with Gasteiger partial charge < -0.3 is 4.90 Å². The van der Waals surface area contributed by atoms with Crippen LogP contribution in [0.2, 0.25) is 0 Å². The molecule has 116 valence electrons. The van der Waals surface area contributed by atoms with Crippen molar-refractivity contribution in [3.05, 3.63) is 29.3 Å². The molecule has 0 spiro atoms. The molecule has 5 nitrogen and oxygen atoms in total. The Kier molecular flexibility index (Phi) is 4.56. The van der Waals surface area contributed by atoms with Crippen molar-refractivity contribution in [1.29, 1.82) is 0 Å². The van der Waals surface area contributed by atoms with E-state index in [2.05, 4.69) is 11.6 Å². The van der Waals surface area contributed by atoms with E-state index in [-0.39, 0.29) is 5.91 Å². The summed E-state index contributed by atoms with van der Waals surface area (Å²) in [6, 6.07) is 5.08. The quantitative estimate of drug-likeness (QED) is 0.931. The Bertz CT molecular complexity index is 640. The van der Waals surface area contributed by atoms with Gasteiger partial charge in [0.2, 0.25) is 10.0 Å². The highest BCUT2D eigenvalue weighted by Crippen LogP contribution is 2.21. The maximum atomic E-state index is 12.5. The van der Waals surface area contributed by atoms with Gasteiger partial charge in [-0.05, 0) is 49.4 Å². The van der Waals surface area contributed by atoms with Gasteiger partial charge in [0.05, 0.1) is 11.9 Å². The average molecular weight is 310 g/mol. The first-order valence-corrected chi connectivity index (χ1v) is 9.03. The Morgan fingerprint density at radius 3 is 2.67 bits per heavy atom. The van der Waals surface area contributed by atoms with E-state index >= 15 is 0 Å². The minimum absolute atomic E-state index is 0.0237. The van der Waals surface area contributed by atoms with Crippen molar-refractivity contribution in [3.63, 3.8) is 0 Å². The van der Waals surface area contributed by atoms with E-state index < -0.39 is 10.0 Å². The largest absolute Gasteiger partial charge is 0.338 e. The number of hydrogen-bond donors (Lipinski definition) is 1. The molecule has 1 aromatic carbocycles. The fourth-order valence-electron chi connectivity index (χ4n) is 2.67. The minimum atomic E-state index is -3.31. The summed E-state index contributed by atoms with van der Waals surface area (Å²) in [5.74, 6) is 0.561. The zero-order valence-electron chi connectivity index (χ0n) is 12.7. The van der Waals surface area contributed by atoms with E-state index in [1.807, 2.05) is 4.90 Å². The lowest BCUT2D eigenvalue weighted by molar-refractivity contribution is 0.0683. The van der Waals surface area contributed by atoms with Crippen LogP contribution in [0.25, 0.3) is 0 Å². The molecule has 1 heterocycles. The summed E-state index contributed by atoms with van der Waals surface area (Å²) in [5.41, 5.74) is 1.87. The van der Waals surface area contributed by atoms with Gasteiger partial charge in [-0.2, -0.15) is 0 Å². The Morgan fingerprint density at radius 2 is 2.10 bits per heavy atom. The minimum Gasteiger partial charge on any atom is -0.338 e. The van der Waals surface area contributed by atoms with E-state index in [1.165, 1.54) is 6.42 Å². The molecular formula is C15H22N2O3S. The number of nitrogens with zero attached hydrogens (tertiary/aromatic N) is 1. The topological polar surface area (TPSA) is 66.5 Å². The van der Waals surface area contributed by atoms with E-state index in [0.717, 1.165) is 31.3 Å². The fraction of sp³-hybridized carbons (Fsp3) is 0.533. The van der Waals surface area contributed by atoms with Crippen LogP contribution in [0.5, 0.6) is 0 Å². The number of sulfonamides is 1. The molecule has 0 unspecified atom stereocenters. The number of amides is 1. The number of benzene rings is 1. The Morgan fingerprint density at radius 1 is 1.38 bits per heavy atom. The molecule has 1 aromatic rings. The summed E-state index contributed by atoms with van der Waals surface area (Å²) in [6.07, 6.45) is 3.32. The van der Waals surface area contributed by atoms with Crippen molar-refractivity contribution in [1.82, 2.24) is 4.90 Å². The second kappa shape index (κ2) is 6.05. The molecule has 0 aromatic heterocycles. The molecule has 1 N–H and O–H groups in total. The average Bonchev–Trinajstić information content (AvgIpc) is 2.39. The summed E-state index contributed by atoms with van der Waals surface area (Å²) in [4.78, 5) is 14.4. The molecule has 1 amide bonds. The normalized spacial score (nSPS) is 19.4. The molecule has 1 aliphatic heterocycles. The summed E-state index contributed by atoms with van der Waals surface area (Å²) < 4.78 is 25.0. The van der Waals surface area contributed by atoms with Gasteiger partial charge in [0.1, 0.15) is 0 Å². The number of carbonyl (C=O) groups is 1. The molecule has 0 saturated carbocycles. The standard InChI is InChI=1S/C15H22N2O3S/c1-11-5-4-8-17(10-11)15(18)13-6-7-14(12(2)9-13)16-21(3,19)20/h6-7,9,11,16H,4-5,8,10H2,1-3H3/t11-/m1/s1. The SMILES string of the molecule is Cc1cc(C(=O)N2CCC[C@@H](C)C2)ccc1NS(C)(=O)=O. The third kappa shape index (κ3) is 4.20. The van der Waals surface area contributed by atoms with Crippen molar-refractivity contribution in [3.8, 4) is 0 Å². The van der Waals surface area contributed by atoms with E-state index in [1.54, 1.807) is 25.1 Å². The summed E-state index contributed by atoms with van der Waals surface area (Å²) in [7, 11) is -3.31. The lowest BCUT2D eigenvalue weighted by Gasteiger charge is -2.31. The number of aryl methyl sites for hydroxylation is 1. The number of carbonyl (C=O) groups excluding carboxylic acids is 1. The van der Waals surface area contributed by atoms with Crippen LogP contribution in [-0.4, -0.2) is 38.6 Å². The summed E-state index contributed by atoms with van der Waals surface area (Å²) >= 11 is 0. The zero-order chi connectivity index (χ0) is 15.6. The van der Waals surface area contributed by atoms with Crippen LogP contribution in [0.4, 0.5) is 5.69 Å². The maximum absolute atomic E-state index is 12.5. The van der Waals surface area contributed by atoms with Crippen molar-refractivity contribution < 1.29 is 13.2 Å². The number of piperidine rings is 1. The molecule has 1 atom stereocenters. The van der Waals surface area contributed by atoms with Gasteiger partial charge in [-0.15, -0.1) is 0 Å². The molecule has 1 saturated heterocycles. The van der Waals surface area contributed by atoms with Crippen LogP contribution >= 0.6 is 0 Å². The first-order valence-electron chi connectivity index (χ1n) is 7.14. The third-order valence-electron chi connectivity index (χ3n) is 3.71. The molecule has 6 heteroatoms. The Balaban J connectivity index is 2.17. The third-order valence-corrected chi connectivity index (χ3v) is 4.30. The zero-order valence-corrected chi connectivity index (χ0v) is 13.5. The van der Waals surface area contributed by atoms with Crippen LogP contribution < -0.4 is 4.72 Å². The second-order valence-electron chi connectivity index (χ2n) is 5.90. The number of likely N-dealkylation sites (tertiary alicyclic amines) is 1. The number of nitrogens with one attached hydrogen (secondary N) is 1. The van der Waals surface area contributed by atoms with Gasteiger partial charge in [-0.1, -0.05) is 6.92 Å². The summed E-state index contributed by atoms with van der Waals surface area (Å²) in [5, 5.41) is 0. The number of rotatable bonds is 3. The van der Waals surface area contributed by atoms with Crippen molar-refractivity contribution in [2.75, 3.05) is 24.1 Å². The highest BCUT2D eigenvalue weighted by Gasteiger charge is 2.22. The molecule has 0 radical (unpaired) electrons. The predicted molar refractivity (Wildman–Crippen MR) is 83.9 cm³/mol. The smallest absolute Gasteiger partial charge is 0.253 e. The van der Waals surface area contributed by atoms with Gasteiger partial charge >= 0.3 is 0 Å².